The molecule has 1 saturated heterocycles. The minimum absolute atomic E-state index is 0.00116. The number of rotatable bonds is 2. The molecule has 0 radical (unpaired) electrons. The van der Waals surface area contributed by atoms with E-state index < -0.39 is 0 Å². The molecule has 22 heavy (non-hydrogen) atoms. The van der Waals surface area contributed by atoms with Gasteiger partial charge >= 0.3 is 5.97 Å². The lowest BCUT2D eigenvalue weighted by Gasteiger charge is -2.31. The monoisotopic (exact) mass is 382 g/mol. The first-order chi connectivity index (χ1) is 10.6. The molecule has 0 unspecified atom stereocenters. The molecule has 0 N–H and O–H groups in total. The third-order valence-corrected chi connectivity index (χ3v) is 4.80. The normalized spacial score (nSPS) is 16.0. The van der Waals surface area contributed by atoms with Crippen LogP contribution in [0.5, 0.6) is 0 Å². The van der Waals surface area contributed by atoms with E-state index in [2.05, 4.69) is 25.8 Å². The number of nitrogens with zero attached hydrogens (tertiary/aromatic N) is 2. The highest BCUT2D eigenvalue weighted by Gasteiger charge is 2.26. The molecule has 2 heterocycles. The molecule has 0 atom stereocenters. The Morgan fingerprint density at radius 1 is 1.36 bits per heavy atom. The fourth-order valence-electron chi connectivity index (χ4n) is 2.83. The summed E-state index contributed by atoms with van der Waals surface area (Å²) < 4.78 is 5.76. The molecule has 1 aromatic heterocycles. The summed E-state index contributed by atoms with van der Waals surface area (Å²) in [5.74, 6) is 0.792. The van der Waals surface area contributed by atoms with Crippen LogP contribution in [0.15, 0.2) is 28.7 Å². The van der Waals surface area contributed by atoms with Gasteiger partial charge in [0, 0.05) is 22.9 Å². The Kier molecular flexibility index (Phi) is 4.54. The molecule has 0 spiro atoms. The smallest absolute Gasteiger partial charge is 0.308 e. The molecule has 2 aromatic rings. The average molecular weight is 384 g/mol. The fourth-order valence-corrected chi connectivity index (χ4v) is 3.71. The SMILES string of the molecule is COC(=O)C1CCN(c2ccc3cc(Br)cc(Cl)c3n2)CC1. The molecule has 3 rings (SSSR count). The van der Waals surface area contributed by atoms with E-state index in [0.29, 0.717) is 5.02 Å². The maximum Gasteiger partial charge on any atom is 0.308 e. The highest BCUT2D eigenvalue weighted by molar-refractivity contribution is 9.10. The fraction of sp³-hybridized carbons (Fsp3) is 0.375. The van der Waals surface area contributed by atoms with Crippen LogP contribution in [0.4, 0.5) is 5.82 Å². The summed E-state index contributed by atoms with van der Waals surface area (Å²) in [7, 11) is 1.44. The van der Waals surface area contributed by atoms with Gasteiger partial charge in [0.25, 0.3) is 0 Å². The van der Waals surface area contributed by atoms with E-state index in [1.807, 2.05) is 24.3 Å². The predicted octanol–water partition coefficient (Wildman–Crippen LogP) is 4.04. The molecule has 0 aliphatic carbocycles. The van der Waals surface area contributed by atoms with Crippen molar-refractivity contribution >= 4 is 50.2 Å². The van der Waals surface area contributed by atoms with Crippen LogP contribution in [0, 0.1) is 5.92 Å². The number of benzene rings is 1. The number of piperidine rings is 1. The third-order valence-electron chi connectivity index (χ3n) is 4.05. The highest BCUT2D eigenvalue weighted by Crippen LogP contribution is 2.30. The Balaban J connectivity index is 1.82. The Hall–Kier alpha value is -1.33. The van der Waals surface area contributed by atoms with Gasteiger partial charge in [0.15, 0.2) is 0 Å². The summed E-state index contributed by atoms with van der Waals surface area (Å²) in [6.45, 7) is 1.60. The lowest BCUT2D eigenvalue weighted by Crippen LogP contribution is -2.37. The van der Waals surface area contributed by atoms with Gasteiger partial charge in [0.05, 0.1) is 23.6 Å². The molecule has 0 bridgehead atoms. The topological polar surface area (TPSA) is 42.4 Å². The Morgan fingerprint density at radius 3 is 2.77 bits per heavy atom. The molecular weight excluding hydrogens is 368 g/mol. The second-order valence-electron chi connectivity index (χ2n) is 5.41. The second-order valence-corrected chi connectivity index (χ2v) is 6.74. The number of halogens is 2. The van der Waals surface area contributed by atoms with E-state index in [1.165, 1.54) is 7.11 Å². The van der Waals surface area contributed by atoms with Crippen LogP contribution in [-0.4, -0.2) is 31.2 Å². The van der Waals surface area contributed by atoms with Gasteiger partial charge in [0.2, 0.25) is 0 Å². The van der Waals surface area contributed by atoms with Crippen molar-refractivity contribution in [1.82, 2.24) is 4.98 Å². The largest absolute Gasteiger partial charge is 0.469 e. The summed E-state index contributed by atoms with van der Waals surface area (Å²) >= 11 is 9.72. The van der Waals surface area contributed by atoms with E-state index in [0.717, 1.165) is 47.1 Å². The van der Waals surface area contributed by atoms with Crippen molar-refractivity contribution in [3.05, 3.63) is 33.8 Å². The van der Waals surface area contributed by atoms with Crippen molar-refractivity contribution in [2.75, 3.05) is 25.1 Å². The zero-order valence-electron chi connectivity index (χ0n) is 12.2. The number of carbonyl (C=O) groups is 1. The number of esters is 1. The summed E-state index contributed by atoms with van der Waals surface area (Å²) in [4.78, 5) is 18.5. The van der Waals surface area contributed by atoms with Gasteiger partial charge in [-0.2, -0.15) is 0 Å². The van der Waals surface area contributed by atoms with Gasteiger partial charge in [-0.3, -0.25) is 4.79 Å². The molecular formula is C16H16BrClN2O2. The van der Waals surface area contributed by atoms with Crippen LogP contribution >= 0.6 is 27.5 Å². The van der Waals surface area contributed by atoms with Crippen molar-refractivity contribution in [2.45, 2.75) is 12.8 Å². The highest BCUT2D eigenvalue weighted by atomic mass is 79.9. The van der Waals surface area contributed by atoms with Crippen molar-refractivity contribution < 1.29 is 9.53 Å². The quantitative estimate of drug-likeness (QED) is 0.734. The zero-order chi connectivity index (χ0) is 15.7. The lowest BCUT2D eigenvalue weighted by atomic mass is 9.97. The minimum atomic E-state index is -0.112. The summed E-state index contributed by atoms with van der Waals surface area (Å²) in [6, 6.07) is 7.88. The predicted molar refractivity (Wildman–Crippen MR) is 91.4 cm³/mol. The molecule has 1 aliphatic rings. The van der Waals surface area contributed by atoms with Gasteiger partial charge in [-0.15, -0.1) is 0 Å². The van der Waals surface area contributed by atoms with Crippen LogP contribution in [0.1, 0.15) is 12.8 Å². The van der Waals surface area contributed by atoms with Gasteiger partial charge < -0.3 is 9.64 Å². The van der Waals surface area contributed by atoms with E-state index in [1.54, 1.807) is 0 Å². The summed E-state index contributed by atoms with van der Waals surface area (Å²) in [5, 5.41) is 1.64. The van der Waals surface area contributed by atoms with Gasteiger partial charge in [-0.25, -0.2) is 4.98 Å². The second kappa shape index (κ2) is 6.42. The number of aromatic nitrogens is 1. The van der Waals surface area contributed by atoms with Gasteiger partial charge in [-0.05, 0) is 37.1 Å². The number of pyridine rings is 1. The lowest BCUT2D eigenvalue weighted by molar-refractivity contribution is -0.146. The van der Waals surface area contributed by atoms with Crippen LogP contribution in [0.2, 0.25) is 5.02 Å². The van der Waals surface area contributed by atoms with Crippen LogP contribution in [0.25, 0.3) is 10.9 Å². The Morgan fingerprint density at radius 2 is 2.09 bits per heavy atom. The number of methoxy groups -OCH3 is 1. The van der Waals surface area contributed by atoms with Crippen LogP contribution in [0.3, 0.4) is 0 Å². The molecule has 0 amide bonds. The van der Waals surface area contributed by atoms with E-state index in [-0.39, 0.29) is 11.9 Å². The number of hydrogen-bond donors (Lipinski definition) is 0. The number of anilines is 1. The van der Waals surface area contributed by atoms with Crippen LogP contribution < -0.4 is 4.90 Å². The van der Waals surface area contributed by atoms with E-state index >= 15 is 0 Å². The number of hydrogen-bond acceptors (Lipinski definition) is 4. The Labute approximate surface area is 142 Å². The standard InChI is InChI=1S/C16H16BrClN2O2/c1-22-16(21)10-4-6-20(7-5-10)14-3-2-11-8-12(17)9-13(18)15(11)19-14/h2-3,8-10H,4-7H2,1H3. The van der Waals surface area contributed by atoms with Crippen molar-refractivity contribution in [3.8, 4) is 0 Å². The molecule has 1 fully saturated rings. The summed E-state index contributed by atoms with van der Waals surface area (Å²) in [5.41, 5.74) is 0.803. The average Bonchev–Trinajstić information content (AvgIpc) is 2.54. The molecule has 0 saturated carbocycles. The molecule has 6 heteroatoms. The maximum absolute atomic E-state index is 11.6. The zero-order valence-corrected chi connectivity index (χ0v) is 14.5. The van der Waals surface area contributed by atoms with Gasteiger partial charge in [0.1, 0.15) is 5.82 Å². The van der Waals surface area contributed by atoms with Crippen molar-refractivity contribution in [3.63, 3.8) is 0 Å². The first-order valence-electron chi connectivity index (χ1n) is 7.17. The first kappa shape index (κ1) is 15.6. The van der Waals surface area contributed by atoms with Gasteiger partial charge in [-0.1, -0.05) is 27.5 Å². The summed E-state index contributed by atoms with van der Waals surface area (Å²) in [6.07, 6.45) is 1.58. The third kappa shape index (κ3) is 3.06. The maximum atomic E-state index is 11.6. The number of fused-ring (bicyclic) bond motifs is 1. The van der Waals surface area contributed by atoms with E-state index in [4.69, 9.17) is 16.3 Å². The van der Waals surface area contributed by atoms with Crippen molar-refractivity contribution in [2.24, 2.45) is 5.92 Å². The first-order valence-corrected chi connectivity index (χ1v) is 8.34. The van der Waals surface area contributed by atoms with Crippen LogP contribution in [-0.2, 0) is 9.53 Å². The Bertz CT molecular complexity index is 715. The molecule has 1 aliphatic heterocycles. The van der Waals surface area contributed by atoms with Crippen molar-refractivity contribution in [1.29, 1.82) is 0 Å². The minimum Gasteiger partial charge on any atom is -0.469 e. The molecule has 1 aromatic carbocycles. The number of ether oxygens (including phenoxy) is 1. The van der Waals surface area contributed by atoms with E-state index in [9.17, 15) is 4.79 Å². The molecule has 116 valence electrons. The number of carbonyl (C=O) groups excluding carboxylic acids is 1. The molecule has 4 nitrogen and oxygen atoms in total.